The van der Waals surface area contributed by atoms with Crippen LogP contribution in [-0.2, 0) is 0 Å². The fourth-order valence-electron chi connectivity index (χ4n) is 2.76. The summed E-state index contributed by atoms with van der Waals surface area (Å²) in [7, 11) is 4.32. The van der Waals surface area contributed by atoms with Crippen molar-refractivity contribution in [3.05, 3.63) is 59.8 Å². The molecule has 98 valence electrons. The number of rotatable bonds is 1. The Morgan fingerprint density at radius 3 is 2.53 bits per heavy atom. The standard InChI is InChI=1S/C17H20N2/c1-13-10-17(19(3)12-18(13)2)16-9-8-14-6-4-5-7-15(14)11-16/h4-11,17H,12H2,1-3H3. The average molecular weight is 252 g/mol. The van der Waals surface area contributed by atoms with Gasteiger partial charge in [0, 0.05) is 12.7 Å². The molecule has 2 nitrogen and oxygen atoms in total. The first-order valence-electron chi connectivity index (χ1n) is 6.73. The minimum absolute atomic E-state index is 0.376. The Morgan fingerprint density at radius 1 is 1.00 bits per heavy atom. The largest absolute Gasteiger partial charge is 0.365 e. The van der Waals surface area contributed by atoms with E-state index in [0.717, 1.165) is 6.67 Å². The second kappa shape index (κ2) is 4.71. The van der Waals surface area contributed by atoms with Crippen molar-refractivity contribution in [3.63, 3.8) is 0 Å². The molecule has 0 radical (unpaired) electrons. The third kappa shape index (κ3) is 2.24. The molecule has 1 aliphatic heterocycles. The minimum Gasteiger partial charge on any atom is -0.365 e. The van der Waals surface area contributed by atoms with Gasteiger partial charge in [0.1, 0.15) is 0 Å². The van der Waals surface area contributed by atoms with E-state index in [1.807, 2.05) is 0 Å². The van der Waals surface area contributed by atoms with E-state index in [1.54, 1.807) is 0 Å². The molecule has 0 bridgehead atoms. The van der Waals surface area contributed by atoms with Crippen molar-refractivity contribution < 1.29 is 0 Å². The van der Waals surface area contributed by atoms with Crippen LogP contribution in [0.5, 0.6) is 0 Å². The number of benzene rings is 2. The second-order valence-electron chi connectivity index (χ2n) is 5.46. The van der Waals surface area contributed by atoms with Gasteiger partial charge in [0.25, 0.3) is 0 Å². The van der Waals surface area contributed by atoms with Gasteiger partial charge in [-0.1, -0.05) is 36.4 Å². The van der Waals surface area contributed by atoms with Crippen LogP contribution in [0.3, 0.4) is 0 Å². The summed E-state index contributed by atoms with van der Waals surface area (Å²) in [4.78, 5) is 4.65. The molecule has 0 saturated heterocycles. The summed E-state index contributed by atoms with van der Waals surface area (Å²) >= 11 is 0. The van der Waals surface area contributed by atoms with Crippen LogP contribution >= 0.6 is 0 Å². The molecule has 0 saturated carbocycles. The quantitative estimate of drug-likeness (QED) is 0.765. The maximum Gasteiger partial charge on any atom is 0.0705 e. The topological polar surface area (TPSA) is 6.48 Å². The number of fused-ring (bicyclic) bond motifs is 1. The summed E-state index contributed by atoms with van der Waals surface area (Å²) in [6, 6.07) is 15.7. The van der Waals surface area contributed by atoms with Crippen LogP contribution in [0.15, 0.2) is 54.2 Å². The van der Waals surface area contributed by atoms with Crippen LogP contribution in [0.1, 0.15) is 18.5 Å². The van der Waals surface area contributed by atoms with Gasteiger partial charge in [-0.25, -0.2) is 0 Å². The zero-order valence-corrected chi connectivity index (χ0v) is 11.8. The van der Waals surface area contributed by atoms with Crippen molar-refractivity contribution >= 4 is 10.8 Å². The molecule has 1 unspecified atom stereocenters. The van der Waals surface area contributed by atoms with Crippen LogP contribution in [0.4, 0.5) is 0 Å². The van der Waals surface area contributed by atoms with Crippen LogP contribution < -0.4 is 0 Å². The van der Waals surface area contributed by atoms with Gasteiger partial charge in [0.05, 0.1) is 12.7 Å². The van der Waals surface area contributed by atoms with Gasteiger partial charge in [-0.3, -0.25) is 4.90 Å². The molecule has 0 aromatic heterocycles. The maximum absolute atomic E-state index is 2.37. The Bertz CT molecular complexity index is 630. The number of allylic oxidation sites excluding steroid dienone is 1. The third-order valence-electron chi connectivity index (χ3n) is 4.03. The Balaban J connectivity index is 2.04. The molecule has 0 spiro atoms. The zero-order valence-electron chi connectivity index (χ0n) is 11.8. The van der Waals surface area contributed by atoms with Gasteiger partial charge < -0.3 is 4.90 Å². The summed E-state index contributed by atoms with van der Waals surface area (Å²) in [5.41, 5.74) is 2.71. The number of likely N-dealkylation sites (N-methyl/N-ethyl adjacent to an activating group) is 1. The summed E-state index contributed by atoms with van der Waals surface area (Å²) in [6.45, 7) is 3.15. The van der Waals surface area contributed by atoms with Gasteiger partial charge in [0.2, 0.25) is 0 Å². The van der Waals surface area contributed by atoms with Crippen LogP contribution in [0.2, 0.25) is 0 Å². The average Bonchev–Trinajstić information content (AvgIpc) is 2.42. The highest BCUT2D eigenvalue weighted by Gasteiger charge is 2.21. The molecule has 0 aliphatic carbocycles. The molecular weight excluding hydrogens is 232 g/mol. The lowest BCUT2D eigenvalue weighted by atomic mass is 9.99. The van der Waals surface area contributed by atoms with Crippen molar-refractivity contribution in [2.45, 2.75) is 13.0 Å². The fraction of sp³-hybridized carbons (Fsp3) is 0.294. The van der Waals surface area contributed by atoms with Gasteiger partial charge in [-0.2, -0.15) is 0 Å². The van der Waals surface area contributed by atoms with Gasteiger partial charge in [-0.15, -0.1) is 0 Å². The van der Waals surface area contributed by atoms with E-state index in [2.05, 4.69) is 79.4 Å². The van der Waals surface area contributed by atoms with Gasteiger partial charge >= 0.3 is 0 Å². The molecule has 19 heavy (non-hydrogen) atoms. The second-order valence-corrected chi connectivity index (χ2v) is 5.46. The van der Waals surface area contributed by atoms with E-state index in [4.69, 9.17) is 0 Å². The Morgan fingerprint density at radius 2 is 1.74 bits per heavy atom. The van der Waals surface area contributed by atoms with Crippen LogP contribution in [0.25, 0.3) is 10.8 Å². The Hall–Kier alpha value is -1.80. The summed E-state index contributed by atoms with van der Waals surface area (Å²) < 4.78 is 0. The first kappa shape index (κ1) is 12.2. The summed E-state index contributed by atoms with van der Waals surface area (Å²) in [5.74, 6) is 0. The molecule has 0 fully saturated rings. The lowest BCUT2D eigenvalue weighted by molar-refractivity contribution is 0.162. The normalized spacial score (nSPS) is 20.7. The molecule has 1 heterocycles. The van der Waals surface area contributed by atoms with E-state index >= 15 is 0 Å². The van der Waals surface area contributed by atoms with Crippen molar-refractivity contribution in [2.24, 2.45) is 0 Å². The molecule has 2 aromatic rings. The summed E-state index contributed by atoms with van der Waals surface area (Å²) in [5, 5.41) is 2.63. The van der Waals surface area contributed by atoms with Crippen LogP contribution in [0, 0.1) is 0 Å². The van der Waals surface area contributed by atoms with E-state index < -0.39 is 0 Å². The minimum atomic E-state index is 0.376. The lowest BCUT2D eigenvalue weighted by Gasteiger charge is -2.37. The Labute approximate surface area is 114 Å². The molecular formula is C17H20N2. The predicted molar refractivity (Wildman–Crippen MR) is 80.8 cm³/mol. The molecule has 2 heteroatoms. The van der Waals surface area contributed by atoms with Crippen molar-refractivity contribution in [3.8, 4) is 0 Å². The van der Waals surface area contributed by atoms with E-state index in [0.29, 0.717) is 6.04 Å². The van der Waals surface area contributed by atoms with Gasteiger partial charge in [-0.05, 0) is 42.4 Å². The maximum atomic E-state index is 2.37. The highest BCUT2D eigenvalue weighted by Crippen LogP contribution is 2.29. The van der Waals surface area contributed by atoms with E-state index in [9.17, 15) is 0 Å². The number of nitrogens with zero attached hydrogens (tertiary/aromatic N) is 2. The number of hydrogen-bond donors (Lipinski definition) is 0. The molecule has 2 aromatic carbocycles. The first-order chi connectivity index (χ1) is 9.15. The molecule has 0 amide bonds. The van der Waals surface area contributed by atoms with Crippen molar-refractivity contribution in [1.29, 1.82) is 0 Å². The lowest BCUT2D eigenvalue weighted by Crippen LogP contribution is -2.38. The van der Waals surface area contributed by atoms with E-state index in [-0.39, 0.29) is 0 Å². The van der Waals surface area contributed by atoms with Crippen molar-refractivity contribution in [2.75, 3.05) is 20.8 Å². The first-order valence-corrected chi connectivity index (χ1v) is 6.73. The molecule has 0 N–H and O–H groups in total. The van der Waals surface area contributed by atoms with Crippen molar-refractivity contribution in [1.82, 2.24) is 9.80 Å². The van der Waals surface area contributed by atoms with E-state index in [1.165, 1.54) is 22.0 Å². The highest BCUT2D eigenvalue weighted by atomic mass is 15.3. The molecule has 3 rings (SSSR count). The zero-order chi connectivity index (χ0) is 13.4. The van der Waals surface area contributed by atoms with Crippen LogP contribution in [-0.4, -0.2) is 30.6 Å². The number of hydrogen-bond acceptors (Lipinski definition) is 2. The fourth-order valence-corrected chi connectivity index (χ4v) is 2.76. The summed E-state index contributed by atoms with van der Waals surface area (Å²) in [6.07, 6.45) is 2.34. The highest BCUT2D eigenvalue weighted by molar-refractivity contribution is 5.83. The van der Waals surface area contributed by atoms with Gasteiger partial charge in [0.15, 0.2) is 0 Å². The molecule has 1 atom stereocenters. The predicted octanol–water partition coefficient (Wildman–Crippen LogP) is 3.62. The third-order valence-corrected chi connectivity index (χ3v) is 4.03. The monoisotopic (exact) mass is 252 g/mol. The Kier molecular flexibility index (Phi) is 3.03. The smallest absolute Gasteiger partial charge is 0.0705 e. The molecule has 1 aliphatic rings. The SMILES string of the molecule is CC1=CC(c2ccc3ccccc3c2)N(C)CN1C.